The number of carbonyl (C=O) groups is 1. The number of ether oxygens (including phenoxy) is 1. The molecule has 2 heterocycles. The number of fused-ring (bicyclic) bond motifs is 2. The molecular weight excluding hydrogens is 356 g/mol. The van der Waals surface area contributed by atoms with Crippen LogP contribution in [0.2, 0.25) is 5.02 Å². The number of thioether (sulfide) groups is 1. The summed E-state index contributed by atoms with van der Waals surface area (Å²) in [5.74, 6) is -0.324. The Morgan fingerprint density at radius 1 is 1.28 bits per heavy atom. The minimum atomic E-state index is -0.324. The van der Waals surface area contributed by atoms with Crippen LogP contribution in [-0.2, 0) is 9.53 Å². The van der Waals surface area contributed by atoms with Gasteiger partial charge in [-0.2, -0.15) is 0 Å². The molecule has 0 saturated heterocycles. The van der Waals surface area contributed by atoms with Gasteiger partial charge < -0.3 is 9.64 Å². The molecule has 4 rings (SSSR count). The molecular formula is C19H19ClN2O2S. The number of esters is 1. The monoisotopic (exact) mass is 374 g/mol. The van der Waals surface area contributed by atoms with Crippen molar-refractivity contribution in [2.45, 2.75) is 38.6 Å². The maximum Gasteiger partial charge on any atom is 0.338 e. The van der Waals surface area contributed by atoms with E-state index in [1.165, 1.54) is 30.6 Å². The third-order valence-corrected chi connectivity index (χ3v) is 6.29. The highest BCUT2D eigenvalue weighted by Crippen LogP contribution is 2.50. The molecule has 0 saturated carbocycles. The second-order valence-corrected chi connectivity index (χ2v) is 7.89. The largest absolute Gasteiger partial charge is 0.466 e. The predicted molar refractivity (Wildman–Crippen MR) is 101 cm³/mol. The Balaban J connectivity index is 1.87. The standard InChI is InChI=1S/C19H19ClN2O2S/c1-11-16(18(23)24-2)17(12-7-9-13(20)10-8-12)22-14-5-3-4-6-15(14)25-19(22)21-11/h7-10,17H,3-6H2,1-2H3/t17-/m1/s1. The maximum atomic E-state index is 12.6. The fourth-order valence-electron chi connectivity index (χ4n) is 3.70. The summed E-state index contributed by atoms with van der Waals surface area (Å²) in [5.41, 5.74) is 3.67. The van der Waals surface area contributed by atoms with E-state index >= 15 is 0 Å². The normalized spacial score (nSPS) is 22.6. The Kier molecular flexibility index (Phi) is 4.38. The summed E-state index contributed by atoms with van der Waals surface area (Å²) >= 11 is 7.82. The smallest absolute Gasteiger partial charge is 0.338 e. The lowest BCUT2D eigenvalue weighted by Crippen LogP contribution is -2.36. The lowest BCUT2D eigenvalue weighted by molar-refractivity contribution is -0.136. The van der Waals surface area contributed by atoms with Crippen LogP contribution in [0.15, 0.2) is 51.1 Å². The highest BCUT2D eigenvalue weighted by molar-refractivity contribution is 8.17. The zero-order valence-electron chi connectivity index (χ0n) is 14.2. The van der Waals surface area contributed by atoms with Gasteiger partial charge in [0.2, 0.25) is 0 Å². The van der Waals surface area contributed by atoms with Gasteiger partial charge in [0.05, 0.1) is 24.4 Å². The molecule has 1 aliphatic carbocycles. The van der Waals surface area contributed by atoms with Gasteiger partial charge in [-0.05, 0) is 50.3 Å². The number of methoxy groups -OCH3 is 1. The van der Waals surface area contributed by atoms with Crippen LogP contribution in [0.3, 0.4) is 0 Å². The molecule has 6 heteroatoms. The number of amidine groups is 1. The van der Waals surface area contributed by atoms with Gasteiger partial charge in [0.15, 0.2) is 5.17 Å². The van der Waals surface area contributed by atoms with E-state index in [1.807, 2.05) is 31.2 Å². The van der Waals surface area contributed by atoms with Crippen molar-refractivity contribution in [1.29, 1.82) is 0 Å². The molecule has 0 bridgehead atoms. The number of hydrogen-bond acceptors (Lipinski definition) is 5. The molecule has 0 aromatic heterocycles. The Labute approximate surface area is 156 Å². The quantitative estimate of drug-likeness (QED) is 0.680. The van der Waals surface area contributed by atoms with Gasteiger partial charge in [0.1, 0.15) is 0 Å². The van der Waals surface area contributed by atoms with Crippen molar-refractivity contribution in [3.63, 3.8) is 0 Å². The summed E-state index contributed by atoms with van der Waals surface area (Å²) in [4.78, 5) is 20.9. The van der Waals surface area contributed by atoms with E-state index < -0.39 is 0 Å². The summed E-state index contributed by atoms with van der Waals surface area (Å²) in [5, 5.41) is 1.65. The highest BCUT2D eigenvalue weighted by atomic mass is 35.5. The fraction of sp³-hybridized carbons (Fsp3) is 0.368. The summed E-state index contributed by atoms with van der Waals surface area (Å²) in [6, 6.07) is 7.49. The van der Waals surface area contributed by atoms with Gasteiger partial charge in [-0.25, -0.2) is 9.79 Å². The second kappa shape index (κ2) is 6.54. The van der Waals surface area contributed by atoms with Crippen LogP contribution in [-0.4, -0.2) is 23.1 Å². The van der Waals surface area contributed by atoms with Crippen LogP contribution in [0.25, 0.3) is 0 Å². The molecule has 25 heavy (non-hydrogen) atoms. The zero-order chi connectivity index (χ0) is 17.6. The lowest BCUT2D eigenvalue weighted by atomic mass is 9.92. The molecule has 3 aliphatic rings. The molecule has 0 unspecified atom stereocenters. The van der Waals surface area contributed by atoms with Crippen molar-refractivity contribution in [2.75, 3.05) is 7.11 Å². The van der Waals surface area contributed by atoms with Crippen molar-refractivity contribution in [1.82, 2.24) is 4.90 Å². The van der Waals surface area contributed by atoms with Gasteiger partial charge >= 0.3 is 5.97 Å². The molecule has 1 atom stereocenters. The summed E-state index contributed by atoms with van der Waals surface area (Å²) in [7, 11) is 1.42. The van der Waals surface area contributed by atoms with Crippen molar-refractivity contribution >= 4 is 34.5 Å². The second-order valence-electron chi connectivity index (χ2n) is 6.39. The molecule has 1 aromatic rings. The summed E-state index contributed by atoms with van der Waals surface area (Å²) in [6.07, 6.45) is 4.51. The van der Waals surface area contributed by atoms with Crippen molar-refractivity contribution < 1.29 is 9.53 Å². The Hall–Kier alpha value is -1.72. The molecule has 0 N–H and O–H groups in total. The van der Waals surface area contributed by atoms with Crippen LogP contribution < -0.4 is 0 Å². The maximum absolute atomic E-state index is 12.6. The Bertz CT molecular complexity index is 826. The molecule has 0 spiro atoms. The van der Waals surface area contributed by atoms with E-state index in [4.69, 9.17) is 21.3 Å². The summed E-state index contributed by atoms with van der Waals surface area (Å²) in [6.45, 7) is 1.89. The number of benzene rings is 1. The average Bonchev–Trinajstić information content (AvgIpc) is 2.98. The SMILES string of the molecule is COC(=O)C1=C(C)N=C2SC3=C(CCCC3)N2[C@@H]1c1ccc(Cl)cc1. The van der Waals surface area contributed by atoms with Gasteiger partial charge in [-0.3, -0.25) is 0 Å². The number of rotatable bonds is 2. The Morgan fingerprint density at radius 2 is 2.00 bits per heavy atom. The first-order valence-corrected chi connectivity index (χ1v) is 9.62. The number of nitrogens with zero attached hydrogens (tertiary/aromatic N) is 2. The van der Waals surface area contributed by atoms with Gasteiger partial charge in [0.25, 0.3) is 0 Å². The van der Waals surface area contributed by atoms with Crippen LogP contribution in [0, 0.1) is 0 Å². The van der Waals surface area contributed by atoms with E-state index in [-0.39, 0.29) is 12.0 Å². The molecule has 130 valence electrons. The van der Waals surface area contributed by atoms with Crippen LogP contribution in [0.1, 0.15) is 44.2 Å². The first-order valence-electron chi connectivity index (χ1n) is 8.42. The number of allylic oxidation sites excluding steroid dienone is 3. The minimum Gasteiger partial charge on any atom is -0.466 e. The average molecular weight is 375 g/mol. The Morgan fingerprint density at radius 3 is 2.72 bits per heavy atom. The zero-order valence-corrected chi connectivity index (χ0v) is 15.8. The molecule has 0 fully saturated rings. The van der Waals surface area contributed by atoms with E-state index in [2.05, 4.69) is 4.90 Å². The van der Waals surface area contributed by atoms with Gasteiger partial charge in [0, 0.05) is 15.6 Å². The predicted octanol–water partition coefficient (Wildman–Crippen LogP) is 5.03. The number of aliphatic imine (C=N–C) groups is 1. The first-order chi connectivity index (χ1) is 12.1. The number of hydrogen-bond donors (Lipinski definition) is 0. The first kappa shape index (κ1) is 16.7. The molecule has 0 amide bonds. The van der Waals surface area contributed by atoms with Crippen molar-refractivity contribution in [3.8, 4) is 0 Å². The molecule has 0 radical (unpaired) electrons. The summed E-state index contributed by atoms with van der Waals surface area (Å²) < 4.78 is 5.08. The van der Waals surface area contributed by atoms with E-state index in [9.17, 15) is 4.79 Å². The topological polar surface area (TPSA) is 41.9 Å². The molecule has 1 aromatic carbocycles. The number of carbonyl (C=O) groups excluding carboxylic acids is 1. The van der Waals surface area contributed by atoms with Crippen LogP contribution >= 0.6 is 23.4 Å². The fourth-order valence-corrected chi connectivity index (χ4v) is 5.11. The molecule has 4 nitrogen and oxygen atoms in total. The third-order valence-electron chi connectivity index (χ3n) is 4.88. The minimum absolute atomic E-state index is 0.213. The van der Waals surface area contributed by atoms with Gasteiger partial charge in [-0.1, -0.05) is 35.5 Å². The van der Waals surface area contributed by atoms with E-state index in [1.54, 1.807) is 11.8 Å². The van der Waals surface area contributed by atoms with E-state index in [0.29, 0.717) is 10.6 Å². The van der Waals surface area contributed by atoms with Gasteiger partial charge in [-0.15, -0.1) is 0 Å². The van der Waals surface area contributed by atoms with Crippen molar-refractivity contribution in [3.05, 3.63) is 56.7 Å². The van der Waals surface area contributed by atoms with Crippen LogP contribution in [0.5, 0.6) is 0 Å². The van der Waals surface area contributed by atoms with Crippen molar-refractivity contribution in [2.24, 2.45) is 4.99 Å². The van der Waals surface area contributed by atoms with Crippen LogP contribution in [0.4, 0.5) is 0 Å². The van der Waals surface area contributed by atoms with E-state index in [0.717, 1.165) is 29.3 Å². The number of halogens is 1. The lowest BCUT2D eigenvalue weighted by Gasteiger charge is -2.36. The highest BCUT2D eigenvalue weighted by Gasteiger charge is 2.43. The third kappa shape index (κ3) is 2.79. The molecule has 2 aliphatic heterocycles.